The quantitative estimate of drug-likeness (QED) is 0.661. The Labute approximate surface area is 104 Å². The summed E-state index contributed by atoms with van der Waals surface area (Å²) in [7, 11) is 0. The molecule has 1 N–H and O–H groups in total. The van der Waals surface area contributed by atoms with Gasteiger partial charge in [0.05, 0.1) is 0 Å². The highest BCUT2D eigenvalue weighted by atomic mass is 16.6. The van der Waals surface area contributed by atoms with E-state index >= 15 is 0 Å². The second-order valence-corrected chi connectivity index (χ2v) is 3.52. The first kappa shape index (κ1) is 11.9. The second-order valence-electron chi connectivity index (χ2n) is 3.52. The Hall–Kier alpha value is -2.62. The summed E-state index contributed by atoms with van der Waals surface area (Å²) in [6.45, 7) is 0. The van der Waals surface area contributed by atoms with E-state index < -0.39 is 5.97 Å². The number of carbonyl (C=O) groups is 1. The predicted molar refractivity (Wildman–Crippen MR) is 67.7 cm³/mol. The third kappa shape index (κ3) is 2.95. The normalized spacial score (nSPS) is 11.0. The van der Waals surface area contributed by atoms with E-state index in [1.807, 2.05) is 6.07 Å². The van der Waals surface area contributed by atoms with Crippen LogP contribution >= 0.6 is 0 Å². The Morgan fingerprint density at radius 2 is 1.50 bits per heavy atom. The number of aliphatic carboxylic acids is 1. The van der Waals surface area contributed by atoms with Crippen molar-refractivity contribution in [2.24, 2.45) is 5.16 Å². The van der Waals surface area contributed by atoms with Gasteiger partial charge in [0.25, 0.3) is 0 Å². The summed E-state index contributed by atoms with van der Waals surface area (Å²) in [5, 5.41) is 12.8. The van der Waals surface area contributed by atoms with Crippen molar-refractivity contribution in [3.05, 3.63) is 66.2 Å². The Balaban J connectivity index is 2.24. The fourth-order valence-corrected chi connectivity index (χ4v) is 1.39. The average molecular weight is 241 g/mol. The summed E-state index contributed by atoms with van der Waals surface area (Å²) in [6.07, 6.45) is 0. The Bertz CT molecular complexity index is 550. The molecule has 90 valence electrons. The molecule has 0 amide bonds. The summed E-state index contributed by atoms with van der Waals surface area (Å²) < 4.78 is 0. The highest BCUT2D eigenvalue weighted by Crippen LogP contribution is 2.10. The van der Waals surface area contributed by atoms with Crippen molar-refractivity contribution < 1.29 is 14.7 Å². The van der Waals surface area contributed by atoms with Crippen LogP contribution in [-0.2, 0) is 4.79 Å². The molecular formula is C14H11NO3. The van der Waals surface area contributed by atoms with E-state index in [9.17, 15) is 4.79 Å². The zero-order valence-corrected chi connectivity index (χ0v) is 9.48. The molecule has 0 unspecified atom stereocenters. The molecule has 0 saturated heterocycles. The molecule has 0 radical (unpaired) electrons. The van der Waals surface area contributed by atoms with Crippen LogP contribution in [-0.4, -0.2) is 16.8 Å². The van der Waals surface area contributed by atoms with Gasteiger partial charge < -0.3 is 9.94 Å². The molecular weight excluding hydrogens is 230 g/mol. The molecule has 0 atom stereocenters. The van der Waals surface area contributed by atoms with Crippen molar-refractivity contribution in [3.8, 4) is 5.75 Å². The monoisotopic (exact) mass is 241 g/mol. The van der Waals surface area contributed by atoms with E-state index in [0.29, 0.717) is 11.3 Å². The minimum atomic E-state index is -1.13. The average Bonchev–Trinajstić information content (AvgIpc) is 2.41. The lowest BCUT2D eigenvalue weighted by Crippen LogP contribution is -2.15. The maximum absolute atomic E-state index is 11.1. The van der Waals surface area contributed by atoms with Gasteiger partial charge in [-0.2, -0.15) is 0 Å². The highest BCUT2D eigenvalue weighted by Gasteiger charge is 2.12. The van der Waals surface area contributed by atoms with Gasteiger partial charge in [0.2, 0.25) is 0 Å². The standard InChI is InChI=1S/C14H11NO3/c16-14(17)13(11-7-3-1-4-8-11)15-18-12-9-5-2-6-10-12/h1-10H,(H,16,17)/b15-13-. The van der Waals surface area contributed by atoms with Crippen LogP contribution in [0.1, 0.15) is 5.56 Å². The van der Waals surface area contributed by atoms with E-state index in [0.717, 1.165) is 0 Å². The van der Waals surface area contributed by atoms with Crippen molar-refractivity contribution in [1.29, 1.82) is 0 Å². The molecule has 2 rings (SSSR count). The molecule has 0 aliphatic rings. The van der Waals surface area contributed by atoms with Crippen molar-refractivity contribution in [3.63, 3.8) is 0 Å². The van der Waals surface area contributed by atoms with Crippen LogP contribution in [0.5, 0.6) is 5.75 Å². The number of benzene rings is 2. The smallest absolute Gasteiger partial charge is 0.358 e. The van der Waals surface area contributed by atoms with Crippen LogP contribution < -0.4 is 4.84 Å². The molecule has 18 heavy (non-hydrogen) atoms. The Morgan fingerprint density at radius 3 is 2.06 bits per heavy atom. The summed E-state index contributed by atoms with van der Waals surface area (Å²) in [6, 6.07) is 17.5. The van der Waals surface area contributed by atoms with Crippen molar-refractivity contribution in [1.82, 2.24) is 0 Å². The first-order valence-electron chi connectivity index (χ1n) is 5.36. The number of nitrogens with zero attached hydrogens (tertiary/aromatic N) is 1. The minimum Gasteiger partial charge on any atom is -0.476 e. The van der Waals surface area contributed by atoms with Crippen molar-refractivity contribution >= 4 is 11.7 Å². The fourth-order valence-electron chi connectivity index (χ4n) is 1.39. The second kappa shape index (κ2) is 5.63. The van der Waals surface area contributed by atoms with Gasteiger partial charge in [-0.3, -0.25) is 0 Å². The molecule has 0 bridgehead atoms. The van der Waals surface area contributed by atoms with E-state index in [1.165, 1.54) is 0 Å². The lowest BCUT2D eigenvalue weighted by molar-refractivity contribution is -0.129. The number of rotatable bonds is 4. The summed E-state index contributed by atoms with van der Waals surface area (Å²) in [4.78, 5) is 16.2. The summed E-state index contributed by atoms with van der Waals surface area (Å²) in [5.41, 5.74) is 0.375. The van der Waals surface area contributed by atoms with Gasteiger partial charge in [-0.25, -0.2) is 4.79 Å². The Kier molecular flexibility index (Phi) is 3.71. The Morgan fingerprint density at radius 1 is 0.944 bits per heavy atom. The number of hydrogen-bond donors (Lipinski definition) is 1. The summed E-state index contributed by atoms with van der Waals surface area (Å²) in [5.74, 6) is -0.635. The largest absolute Gasteiger partial charge is 0.476 e. The molecule has 0 saturated carbocycles. The molecule has 0 aliphatic carbocycles. The predicted octanol–water partition coefficient (Wildman–Crippen LogP) is 2.55. The molecule has 4 nitrogen and oxygen atoms in total. The number of carboxylic acid groups (broad SMARTS) is 1. The molecule has 0 heterocycles. The van der Waals surface area contributed by atoms with E-state index in [1.54, 1.807) is 54.6 Å². The van der Waals surface area contributed by atoms with E-state index in [4.69, 9.17) is 9.94 Å². The van der Waals surface area contributed by atoms with E-state index in [2.05, 4.69) is 5.16 Å². The molecule has 0 aliphatic heterocycles. The van der Waals surface area contributed by atoms with Crippen LogP contribution in [0, 0.1) is 0 Å². The number of oxime groups is 1. The first-order valence-corrected chi connectivity index (χ1v) is 5.36. The first-order chi connectivity index (χ1) is 8.77. The SMILES string of the molecule is O=C(O)/C(=N\Oc1ccccc1)c1ccccc1. The van der Waals surface area contributed by atoms with Crippen LogP contribution in [0.3, 0.4) is 0 Å². The lowest BCUT2D eigenvalue weighted by atomic mass is 10.1. The van der Waals surface area contributed by atoms with Crippen LogP contribution in [0.25, 0.3) is 0 Å². The third-order valence-corrected chi connectivity index (χ3v) is 2.24. The van der Waals surface area contributed by atoms with Gasteiger partial charge in [-0.1, -0.05) is 53.7 Å². The highest BCUT2D eigenvalue weighted by molar-refractivity contribution is 6.42. The molecule has 0 spiro atoms. The maximum atomic E-state index is 11.1. The third-order valence-electron chi connectivity index (χ3n) is 2.24. The molecule has 0 fully saturated rings. The molecule has 0 aromatic heterocycles. The number of carboxylic acids is 1. The topological polar surface area (TPSA) is 58.9 Å². The number of hydrogen-bond acceptors (Lipinski definition) is 3. The molecule has 2 aromatic carbocycles. The van der Waals surface area contributed by atoms with Crippen LogP contribution in [0.2, 0.25) is 0 Å². The van der Waals surface area contributed by atoms with Gasteiger partial charge in [0.15, 0.2) is 11.5 Å². The van der Waals surface area contributed by atoms with Gasteiger partial charge >= 0.3 is 5.97 Å². The van der Waals surface area contributed by atoms with Gasteiger partial charge in [-0.15, -0.1) is 0 Å². The zero-order chi connectivity index (χ0) is 12.8. The van der Waals surface area contributed by atoms with E-state index in [-0.39, 0.29) is 5.71 Å². The number of para-hydroxylation sites is 1. The zero-order valence-electron chi connectivity index (χ0n) is 9.48. The maximum Gasteiger partial charge on any atom is 0.358 e. The lowest BCUT2D eigenvalue weighted by Gasteiger charge is -2.02. The van der Waals surface area contributed by atoms with Crippen molar-refractivity contribution in [2.75, 3.05) is 0 Å². The molecule has 2 aromatic rings. The van der Waals surface area contributed by atoms with Gasteiger partial charge in [-0.05, 0) is 12.1 Å². The summed E-state index contributed by atoms with van der Waals surface area (Å²) >= 11 is 0. The van der Waals surface area contributed by atoms with Gasteiger partial charge in [0, 0.05) is 5.56 Å². The van der Waals surface area contributed by atoms with Crippen molar-refractivity contribution in [2.45, 2.75) is 0 Å². The van der Waals surface area contributed by atoms with Crippen LogP contribution in [0.15, 0.2) is 65.8 Å². The van der Waals surface area contributed by atoms with Gasteiger partial charge in [0.1, 0.15) is 0 Å². The molecule has 4 heteroatoms. The minimum absolute atomic E-state index is 0.126. The fraction of sp³-hybridized carbons (Fsp3) is 0. The van der Waals surface area contributed by atoms with Crippen LogP contribution in [0.4, 0.5) is 0 Å².